The zero-order valence-electron chi connectivity index (χ0n) is 18.7. The van der Waals surface area contributed by atoms with Crippen molar-refractivity contribution in [3.05, 3.63) is 77.2 Å². The molecule has 1 atom stereocenters. The summed E-state index contributed by atoms with van der Waals surface area (Å²) >= 11 is 0. The number of ether oxygens (including phenoxy) is 1. The van der Waals surface area contributed by atoms with Crippen LogP contribution in [0.1, 0.15) is 42.0 Å². The Kier molecular flexibility index (Phi) is 5.38. The largest absolute Gasteiger partial charge is 0.497 e. The summed E-state index contributed by atoms with van der Waals surface area (Å²) in [6, 6.07) is 13.7. The van der Waals surface area contributed by atoms with Crippen molar-refractivity contribution in [2.24, 2.45) is 0 Å². The van der Waals surface area contributed by atoms with Crippen LogP contribution in [0.3, 0.4) is 0 Å². The van der Waals surface area contributed by atoms with Gasteiger partial charge in [0.05, 0.1) is 18.4 Å². The Morgan fingerprint density at radius 1 is 1.18 bits per heavy atom. The minimum absolute atomic E-state index is 0.0352. The zero-order valence-corrected chi connectivity index (χ0v) is 18.7. The predicted molar refractivity (Wildman–Crippen MR) is 122 cm³/mol. The molecule has 1 unspecified atom stereocenters. The number of hydrogen-bond acceptors (Lipinski definition) is 3. The summed E-state index contributed by atoms with van der Waals surface area (Å²) in [6.45, 7) is 2.27. The van der Waals surface area contributed by atoms with E-state index < -0.39 is 17.8 Å². The summed E-state index contributed by atoms with van der Waals surface area (Å²) < 4.78 is 52.1. The molecule has 0 saturated heterocycles. The number of furan rings is 1. The molecule has 1 amide bonds. The van der Waals surface area contributed by atoms with E-state index in [1.807, 2.05) is 18.2 Å². The molecule has 0 saturated carbocycles. The normalized spacial score (nSPS) is 16.0. The predicted octanol–water partition coefficient (Wildman–Crippen LogP) is 6.34. The molecule has 0 radical (unpaired) electrons. The maximum absolute atomic E-state index is 13.6. The van der Waals surface area contributed by atoms with Crippen LogP contribution in [0, 0.1) is 0 Å². The fourth-order valence-corrected chi connectivity index (χ4v) is 4.75. The molecule has 2 aromatic carbocycles. The molecule has 5 rings (SSSR count). The number of nitrogens with zero attached hydrogens (tertiary/aromatic N) is 1. The molecule has 0 aliphatic carbocycles. The van der Waals surface area contributed by atoms with Crippen LogP contribution in [0.5, 0.6) is 5.75 Å². The van der Waals surface area contributed by atoms with Gasteiger partial charge in [-0.1, -0.05) is 25.1 Å². The second-order valence-electron chi connectivity index (χ2n) is 8.27. The van der Waals surface area contributed by atoms with Crippen LogP contribution in [0.15, 0.2) is 59.0 Å². The number of rotatable bonds is 4. The fourth-order valence-electron chi connectivity index (χ4n) is 4.75. The second kappa shape index (κ2) is 8.27. The van der Waals surface area contributed by atoms with Gasteiger partial charge in [-0.15, -0.1) is 0 Å². The first-order valence-electron chi connectivity index (χ1n) is 11.1. The van der Waals surface area contributed by atoms with Crippen molar-refractivity contribution in [3.63, 3.8) is 0 Å². The molecule has 0 bridgehead atoms. The van der Waals surface area contributed by atoms with Crippen molar-refractivity contribution < 1.29 is 27.1 Å². The van der Waals surface area contributed by atoms with E-state index in [4.69, 9.17) is 9.15 Å². The Balaban J connectivity index is 1.64. The molecule has 8 heteroatoms. The minimum atomic E-state index is -4.51. The highest BCUT2D eigenvalue weighted by Gasteiger charge is 2.37. The van der Waals surface area contributed by atoms with Crippen LogP contribution in [0.4, 0.5) is 13.2 Å². The SMILES string of the molecule is CCC(=O)N1CCc2c([nH]c3ccc(OC)cc23)C1c1ccc(-c2ccccc2C(F)(F)F)o1. The zero-order chi connectivity index (χ0) is 24.0. The van der Waals surface area contributed by atoms with Gasteiger partial charge < -0.3 is 19.0 Å². The van der Waals surface area contributed by atoms with Gasteiger partial charge in [-0.2, -0.15) is 13.2 Å². The Morgan fingerprint density at radius 3 is 2.71 bits per heavy atom. The third kappa shape index (κ3) is 3.63. The van der Waals surface area contributed by atoms with Gasteiger partial charge in [-0.3, -0.25) is 4.79 Å². The van der Waals surface area contributed by atoms with Crippen molar-refractivity contribution in [3.8, 4) is 17.1 Å². The number of aromatic nitrogens is 1. The Bertz CT molecular complexity index is 1370. The molecule has 1 aliphatic rings. The lowest BCUT2D eigenvalue weighted by atomic mass is 9.95. The van der Waals surface area contributed by atoms with Crippen LogP contribution in [-0.2, 0) is 17.4 Å². The molecular formula is C26H23F3N2O3. The van der Waals surface area contributed by atoms with Gasteiger partial charge in [0.15, 0.2) is 0 Å². The third-order valence-electron chi connectivity index (χ3n) is 6.35. The highest BCUT2D eigenvalue weighted by atomic mass is 19.4. The van der Waals surface area contributed by atoms with Crippen LogP contribution >= 0.6 is 0 Å². The Morgan fingerprint density at radius 2 is 1.97 bits per heavy atom. The number of H-pyrrole nitrogens is 1. The molecule has 34 heavy (non-hydrogen) atoms. The first kappa shape index (κ1) is 22.1. The summed E-state index contributed by atoms with van der Waals surface area (Å²) in [5, 5.41) is 0.997. The maximum Gasteiger partial charge on any atom is 0.417 e. The molecule has 0 spiro atoms. The van der Waals surface area contributed by atoms with E-state index in [2.05, 4.69) is 4.98 Å². The van der Waals surface area contributed by atoms with E-state index in [9.17, 15) is 18.0 Å². The summed E-state index contributed by atoms with van der Waals surface area (Å²) in [4.78, 5) is 18.0. The fraction of sp³-hybridized carbons (Fsp3) is 0.269. The van der Waals surface area contributed by atoms with E-state index in [-0.39, 0.29) is 17.2 Å². The van der Waals surface area contributed by atoms with E-state index in [0.29, 0.717) is 25.1 Å². The standard InChI is InChI=1S/C26H23F3N2O3/c1-3-23(32)31-13-12-16-18-14-15(33-2)8-9-20(18)30-24(16)25(31)22-11-10-21(34-22)17-6-4-5-7-19(17)26(27,28)29/h4-11,14,25,30H,3,12-13H2,1-2H3. The number of aromatic amines is 1. The quantitative estimate of drug-likeness (QED) is 0.380. The number of benzene rings is 2. The van der Waals surface area contributed by atoms with Crippen LogP contribution < -0.4 is 4.74 Å². The van der Waals surface area contributed by atoms with Gasteiger partial charge >= 0.3 is 6.18 Å². The highest BCUT2D eigenvalue weighted by Crippen LogP contribution is 2.43. The van der Waals surface area contributed by atoms with Crippen LogP contribution in [-0.4, -0.2) is 29.4 Å². The molecule has 176 valence electrons. The molecule has 1 N–H and O–H groups in total. The molecule has 5 nitrogen and oxygen atoms in total. The highest BCUT2D eigenvalue weighted by molar-refractivity contribution is 5.87. The number of carbonyl (C=O) groups is 1. The number of alkyl halides is 3. The van der Waals surface area contributed by atoms with Gasteiger partial charge in [0.25, 0.3) is 0 Å². The molecule has 0 fully saturated rings. The van der Waals surface area contributed by atoms with Crippen molar-refractivity contribution in [1.82, 2.24) is 9.88 Å². The summed E-state index contributed by atoms with van der Waals surface area (Å²) in [6.07, 6.45) is -3.55. The lowest BCUT2D eigenvalue weighted by Crippen LogP contribution is -2.40. The number of amides is 1. The average molecular weight is 468 g/mol. The molecule has 3 heterocycles. The van der Waals surface area contributed by atoms with Gasteiger partial charge in [-0.25, -0.2) is 0 Å². The van der Waals surface area contributed by atoms with Crippen LogP contribution in [0.25, 0.3) is 22.2 Å². The van der Waals surface area contributed by atoms with Gasteiger partial charge in [0, 0.05) is 29.4 Å². The minimum Gasteiger partial charge on any atom is -0.497 e. The first-order valence-corrected chi connectivity index (χ1v) is 11.1. The van der Waals surface area contributed by atoms with Crippen molar-refractivity contribution in [1.29, 1.82) is 0 Å². The Hall–Kier alpha value is -3.68. The van der Waals surface area contributed by atoms with E-state index in [1.54, 1.807) is 31.1 Å². The van der Waals surface area contributed by atoms with Crippen molar-refractivity contribution in [2.75, 3.05) is 13.7 Å². The third-order valence-corrected chi connectivity index (χ3v) is 6.35. The summed E-state index contributed by atoms with van der Waals surface area (Å²) in [7, 11) is 1.61. The second-order valence-corrected chi connectivity index (χ2v) is 8.27. The summed E-state index contributed by atoms with van der Waals surface area (Å²) in [5.74, 6) is 1.19. The molecule has 2 aromatic heterocycles. The lowest BCUT2D eigenvalue weighted by molar-refractivity contribution is -0.137. The van der Waals surface area contributed by atoms with E-state index >= 15 is 0 Å². The topological polar surface area (TPSA) is 58.5 Å². The monoisotopic (exact) mass is 468 g/mol. The number of halogens is 3. The lowest BCUT2D eigenvalue weighted by Gasteiger charge is -2.34. The van der Waals surface area contributed by atoms with E-state index in [0.717, 1.165) is 34.0 Å². The molecule has 4 aromatic rings. The van der Waals surface area contributed by atoms with Gasteiger partial charge in [0.2, 0.25) is 5.91 Å². The van der Waals surface area contributed by atoms with Crippen molar-refractivity contribution >= 4 is 16.8 Å². The van der Waals surface area contributed by atoms with Gasteiger partial charge in [-0.05, 0) is 48.4 Å². The Labute approximate surface area is 194 Å². The smallest absolute Gasteiger partial charge is 0.417 e. The number of carbonyl (C=O) groups excluding carboxylic acids is 1. The van der Waals surface area contributed by atoms with Crippen LogP contribution in [0.2, 0.25) is 0 Å². The number of fused-ring (bicyclic) bond motifs is 3. The average Bonchev–Trinajstić information content (AvgIpc) is 3.47. The number of methoxy groups -OCH3 is 1. The van der Waals surface area contributed by atoms with Gasteiger partial charge in [0.1, 0.15) is 23.3 Å². The summed E-state index contributed by atoms with van der Waals surface area (Å²) in [5.41, 5.74) is 1.95. The maximum atomic E-state index is 13.6. The molecular weight excluding hydrogens is 445 g/mol. The van der Waals surface area contributed by atoms with Crippen molar-refractivity contribution in [2.45, 2.75) is 32.0 Å². The molecule has 1 aliphatic heterocycles. The van der Waals surface area contributed by atoms with E-state index in [1.165, 1.54) is 18.2 Å². The first-order chi connectivity index (χ1) is 16.3. The number of hydrogen-bond donors (Lipinski definition) is 1. The number of nitrogens with one attached hydrogen (secondary N) is 1.